The molecule has 1 aromatic carbocycles. The van der Waals surface area contributed by atoms with Crippen LogP contribution >= 0.6 is 15.9 Å². The fourth-order valence-electron chi connectivity index (χ4n) is 1.36. The van der Waals surface area contributed by atoms with E-state index in [0.717, 1.165) is 16.9 Å². The van der Waals surface area contributed by atoms with Crippen LogP contribution in [0.5, 0.6) is 5.75 Å². The molecule has 1 atom stereocenters. The second kappa shape index (κ2) is 5.37. The van der Waals surface area contributed by atoms with E-state index in [-0.39, 0.29) is 0 Å². The fraction of sp³-hybridized carbons (Fsp3) is 0.455. The monoisotopic (exact) mass is 258 g/mol. The van der Waals surface area contributed by atoms with Crippen molar-refractivity contribution in [1.82, 2.24) is 0 Å². The molecule has 0 heterocycles. The summed E-state index contributed by atoms with van der Waals surface area (Å²) in [5.74, 6) is 0.857. The number of aliphatic hydroxyl groups is 1. The van der Waals surface area contributed by atoms with Crippen molar-refractivity contribution in [2.24, 2.45) is 0 Å². The van der Waals surface area contributed by atoms with Gasteiger partial charge >= 0.3 is 0 Å². The van der Waals surface area contributed by atoms with Crippen LogP contribution in [0.3, 0.4) is 0 Å². The fourth-order valence-corrected chi connectivity index (χ4v) is 1.71. The maximum atomic E-state index is 9.64. The van der Waals surface area contributed by atoms with Crippen LogP contribution in [0, 0.1) is 6.92 Å². The van der Waals surface area contributed by atoms with E-state index in [4.69, 9.17) is 4.74 Å². The zero-order valence-corrected chi connectivity index (χ0v) is 10.0. The molecule has 1 N–H and O–H groups in total. The third kappa shape index (κ3) is 2.72. The van der Waals surface area contributed by atoms with Gasteiger partial charge in [0.15, 0.2) is 0 Å². The molecule has 0 saturated carbocycles. The molecule has 0 aliphatic heterocycles. The predicted molar refractivity (Wildman–Crippen MR) is 61.1 cm³/mol. The van der Waals surface area contributed by atoms with Crippen molar-refractivity contribution in [3.05, 3.63) is 29.3 Å². The average molecular weight is 259 g/mol. The predicted octanol–water partition coefficient (Wildman–Crippen LogP) is 2.82. The van der Waals surface area contributed by atoms with Crippen LogP contribution in [-0.2, 0) is 0 Å². The summed E-state index contributed by atoms with van der Waals surface area (Å²) in [6, 6.07) is 5.74. The highest BCUT2D eigenvalue weighted by molar-refractivity contribution is 9.09. The van der Waals surface area contributed by atoms with E-state index < -0.39 is 6.10 Å². The first-order valence-corrected chi connectivity index (χ1v) is 5.78. The summed E-state index contributed by atoms with van der Waals surface area (Å²) in [4.78, 5) is 0. The highest BCUT2D eigenvalue weighted by Crippen LogP contribution is 2.23. The number of hydrogen-bond donors (Lipinski definition) is 1. The SMILES string of the molecule is CCOc1ccc(C(O)CBr)c(C)c1. The molecule has 0 radical (unpaired) electrons. The molecule has 0 fully saturated rings. The standard InChI is InChI=1S/C11H15BrO2/c1-3-14-9-4-5-10(8(2)6-9)11(13)7-12/h4-6,11,13H,3,7H2,1-2H3. The first-order valence-electron chi connectivity index (χ1n) is 4.66. The number of hydrogen-bond acceptors (Lipinski definition) is 2. The van der Waals surface area contributed by atoms with Crippen LogP contribution in [0.4, 0.5) is 0 Å². The molecule has 0 aliphatic carbocycles. The summed E-state index contributed by atoms with van der Waals surface area (Å²) in [6.07, 6.45) is -0.439. The second-order valence-corrected chi connectivity index (χ2v) is 3.77. The van der Waals surface area contributed by atoms with Crippen LogP contribution in [0.1, 0.15) is 24.2 Å². The minimum atomic E-state index is -0.439. The van der Waals surface area contributed by atoms with Crippen molar-refractivity contribution in [1.29, 1.82) is 0 Å². The van der Waals surface area contributed by atoms with Gasteiger partial charge in [-0.3, -0.25) is 0 Å². The molecule has 1 aromatic rings. The molecule has 3 heteroatoms. The topological polar surface area (TPSA) is 29.5 Å². The lowest BCUT2D eigenvalue weighted by Gasteiger charge is -2.12. The third-order valence-electron chi connectivity index (χ3n) is 2.06. The highest BCUT2D eigenvalue weighted by Gasteiger charge is 2.09. The minimum absolute atomic E-state index is 0.439. The first kappa shape index (κ1) is 11.5. The number of alkyl halides is 1. The molecule has 0 aromatic heterocycles. The van der Waals surface area contributed by atoms with Gasteiger partial charge in [0.05, 0.1) is 12.7 Å². The molecule has 0 saturated heterocycles. The Morgan fingerprint density at radius 3 is 2.71 bits per heavy atom. The molecule has 1 unspecified atom stereocenters. The van der Waals surface area contributed by atoms with Crippen molar-refractivity contribution in [2.45, 2.75) is 20.0 Å². The Morgan fingerprint density at radius 1 is 1.50 bits per heavy atom. The van der Waals surface area contributed by atoms with E-state index in [1.165, 1.54) is 0 Å². The smallest absolute Gasteiger partial charge is 0.119 e. The maximum absolute atomic E-state index is 9.64. The van der Waals surface area contributed by atoms with Crippen LogP contribution in [0.15, 0.2) is 18.2 Å². The summed E-state index contributed by atoms with van der Waals surface area (Å²) in [5.41, 5.74) is 2.01. The van der Waals surface area contributed by atoms with Gasteiger partial charge in [-0.2, -0.15) is 0 Å². The molecule has 2 nitrogen and oxygen atoms in total. The lowest BCUT2D eigenvalue weighted by atomic mass is 10.0. The second-order valence-electron chi connectivity index (χ2n) is 3.12. The average Bonchev–Trinajstić information content (AvgIpc) is 2.17. The summed E-state index contributed by atoms with van der Waals surface area (Å²) < 4.78 is 5.36. The van der Waals surface area contributed by atoms with Gasteiger partial charge in [0.25, 0.3) is 0 Å². The summed E-state index contributed by atoms with van der Waals surface area (Å²) >= 11 is 3.25. The Morgan fingerprint density at radius 2 is 2.21 bits per heavy atom. The zero-order valence-electron chi connectivity index (χ0n) is 8.46. The first-order chi connectivity index (χ1) is 6.69. The summed E-state index contributed by atoms with van der Waals surface area (Å²) in [6.45, 7) is 4.60. The number of halogens is 1. The van der Waals surface area contributed by atoms with E-state index in [0.29, 0.717) is 11.9 Å². The van der Waals surface area contributed by atoms with E-state index in [1.807, 2.05) is 32.0 Å². The van der Waals surface area contributed by atoms with Crippen LogP contribution in [-0.4, -0.2) is 17.0 Å². The van der Waals surface area contributed by atoms with Gasteiger partial charge < -0.3 is 9.84 Å². The lowest BCUT2D eigenvalue weighted by Crippen LogP contribution is -2.01. The molecular weight excluding hydrogens is 244 g/mol. The van der Waals surface area contributed by atoms with Gasteiger partial charge in [-0.05, 0) is 37.1 Å². The Labute approximate surface area is 93.0 Å². The Hall–Kier alpha value is -0.540. The van der Waals surface area contributed by atoms with E-state index >= 15 is 0 Å². The third-order valence-corrected chi connectivity index (χ3v) is 2.67. The molecule has 14 heavy (non-hydrogen) atoms. The van der Waals surface area contributed by atoms with Crippen molar-refractivity contribution in [2.75, 3.05) is 11.9 Å². The summed E-state index contributed by atoms with van der Waals surface area (Å²) in [7, 11) is 0. The van der Waals surface area contributed by atoms with Gasteiger partial charge in [-0.15, -0.1) is 0 Å². The Kier molecular flexibility index (Phi) is 4.42. The van der Waals surface area contributed by atoms with Gasteiger partial charge in [0.1, 0.15) is 5.75 Å². The van der Waals surface area contributed by atoms with E-state index in [2.05, 4.69) is 15.9 Å². The van der Waals surface area contributed by atoms with Gasteiger partial charge in [0.2, 0.25) is 0 Å². The van der Waals surface area contributed by atoms with Gasteiger partial charge in [-0.1, -0.05) is 22.0 Å². The molecule has 78 valence electrons. The quantitative estimate of drug-likeness (QED) is 0.842. The van der Waals surface area contributed by atoms with Crippen LogP contribution in [0.25, 0.3) is 0 Å². The normalized spacial score (nSPS) is 12.6. The molecule has 1 rings (SSSR count). The Bertz CT molecular complexity index is 299. The van der Waals surface area contributed by atoms with Gasteiger partial charge in [0, 0.05) is 5.33 Å². The van der Waals surface area contributed by atoms with Crippen molar-refractivity contribution in [3.63, 3.8) is 0 Å². The number of aryl methyl sites for hydroxylation is 1. The van der Waals surface area contributed by atoms with Gasteiger partial charge in [-0.25, -0.2) is 0 Å². The number of aliphatic hydroxyl groups excluding tert-OH is 1. The van der Waals surface area contributed by atoms with E-state index in [1.54, 1.807) is 0 Å². The van der Waals surface area contributed by atoms with E-state index in [9.17, 15) is 5.11 Å². The largest absolute Gasteiger partial charge is 0.494 e. The molecule has 0 bridgehead atoms. The maximum Gasteiger partial charge on any atom is 0.119 e. The molecule has 0 spiro atoms. The minimum Gasteiger partial charge on any atom is -0.494 e. The molecular formula is C11H15BrO2. The molecule has 0 amide bonds. The Balaban J connectivity index is 2.89. The summed E-state index contributed by atoms with van der Waals surface area (Å²) in [5, 5.41) is 10.2. The molecule has 0 aliphatic rings. The highest BCUT2D eigenvalue weighted by atomic mass is 79.9. The van der Waals surface area contributed by atoms with Crippen molar-refractivity contribution < 1.29 is 9.84 Å². The van der Waals surface area contributed by atoms with Crippen molar-refractivity contribution in [3.8, 4) is 5.75 Å². The number of rotatable bonds is 4. The van der Waals surface area contributed by atoms with Crippen molar-refractivity contribution >= 4 is 15.9 Å². The van der Waals surface area contributed by atoms with Crippen LogP contribution < -0.4 is 4.74 Å². The van der Waals surface area contributed by atoms with Crippen LogP contribution in [0.2, 0.25) is 0 Å². The number of benzene rings is 1. The number of ether oxygens (including phenoxy) is 1. The lowest BCUT2D eigenvalue weighted by molar-refractivity contribution is 0.204. The zero-order chi connectivity index (χ0) is 10.6.